The lowest BCUT2D eigenvalue weighted by Gasteiger charge is -2.61. The molecule has 0 radical (unpaired) electrons. The lowest BCUT2D eigenvalue weighted by Crippen LogP contribution is -2.61. The molecule has 6 nitrogen and oxygen atoms in total. The summed E-state index contributed by atoms with van der Waals surface area (Å²) in [7, 11) is 0. The first-order valence-electron chi connectivity index (χ1n) is 11.0. The van der Waals surface area contributed by atoms with Gasteiger partial charge in [-0.1, -0.05) is 18.6 Å². The number of aliphatic hydroxyl groups excluding tert-OH is 1. The van der Waals surface area contributed by atoms with Crippen LogP contribution < -0.4 is 0 Å². The van der Waals surface area contributed by atoms with Crippen molar-refractivity contribution in [2.45, 2.75) is 70.0 Å². The zero-order valence-electron chi connectivity index (χ0n) is 17.0. The summed E-state index contributed by atoms with van der Waals surface area (Å²) in [6.07, 6.45) is 11.4. The minimum atomic E-state index is -0.801. The Hall–Kier alpha value is -1.66. The van der Waals surface area contributed by atoms with E-state index in [4.69, 9.17) is 4.74 Å². The summed E-state index contributed by atoms with van der Waals surface area (Å²) in [5, 5.41) is 35.3. The van der Waals surface area contributed by atoms with Crippen LogP contribution in [0.1, 0.15) is 58.3 Å². The van der Waals surface area contributed by atoms with Crippen molar-refractivity contribution in [2.75, 3.05) is 6.61 Å². The van der Waals surface area contributed by atoms with Crippen molar-refractivity contribution in [1.29, 1.82) is 0 Å². The smallest absolute Gasteiger partial charge is 0.331 e. The molecular weight excluding hydrogens is 370 g/mol. The number of allylic oxidation sites excluding steroid dienone is 1. The van der Waals surface area contributed by atoms with E-state index in [9.17, 15) is 20.2 Å². The monoisotopic (exact) mass is 401 g/mol. The van der Waals surface area contributed by atoms with Crippen molar-refractivity contribution in [2.24, 2.45) is 33.7 Å². The quantitative estimate of drug-likeness (QED) is 0.217. The van der Waals surface area contributed by atoms with Gasteiger partial charge in [0.2, 0.25) is 0 Å². The molecule has 0 bridgehead atoms. The minimum Gasteiger partial charge on any atom is -0.458 e. The molecule has 0 saturated heterocycles. The van der Waals surface area contributed by atoms with Crippen molar-refractivity contribution in [3.05, 3.63) is 23.3 Å². The van der Waals surface area contributed by atoms with Gasteiger partial charge in [-0.2, -0.15) is 0 Å². The molecular formula is C23H31NO5. The van der Waals surface area contributed by atoms with Crippen molar-refractivity contribution >= 4 is 12.2 Å². The van der Waals surface area contributed by atoms with Crippen molar-refractivity contribution in [3.8, 4) is 0 Å². The maximum absolute atomic E-state index is 12.2. The topological polar surface area (TPSA) is 99.4 Å². The number of ether oxygens (including phenoxy) is 1. The molecule has 0 spiro atoms. The number of nitrogens with zero attached hydrogens (tertiary/aromatic N) is 1. The Labute approximate surface area is 171 Å². The highest BCUT2D eigenvalue weighted by molar-refractivity contribution is 5.85. The fraction of sp³-hybridized carbons (Fsp3) is 0.739. The Kier molecular flexibility index (Phi) is 4.27. The highest BCUT2D eigenvalue weighted by Gasteiger charge is 2.67. The number of oxime groups is 1. The summed E-state index contributed by atoms with van der Waals surface area (Å²) in [5.41, 5.74) is 0.772. The molecule has 3 N–H and O–H groups in total. The number of cyclic esters (lactones) is 1. The third-order valence-electron chi connectivity index (χ3n) is 9.30. The summed E-state index contributed by atoms with van der Waals surface area (Å²) in [4.78, 5) is 11.7. The van der Waals surface area contributed by atoms with Crippen LogP contribution in [0.4, 0.5) is 0 Å². The predicted octanol–water partition coefficient (Wildman–Crippen LogP) is 2.96. The van der Waals surface area contributed by atoms with Gasteiger partial charge in [0.15, 0.2) is 0 Å². The lowest BCUT2D eigenvalue weighted by molar-refractivity contribution is -0.175. The Balaban J connectivity index is 1.53. The van der Waals surface area contributed by atoms with Crippen LogP contribution in [-0.4, -0.2) is 45.9 Å². The Morgan fingerprint density at radius 2 is 2.00 bits per heavy atom. The molecule has 0 aromatic heterocycles. The number of rotatable bonds is 2. The number of esters is 1. The van der Waals surface area contributed by atoms with E-state index < -0.39 is 11.7 Å². The fourth-order valence-corrected chi connectivity index (χ4v) is 7.92. The van der Waals surface area contributed by atoms with Crippen LogP contribution in [0.2, 0.25) is 0 Å². The molecule has 3 fully saturated rings. The fourth-order valence-electron chi connectivity index (χ4n) is 7.92. The summed E-state index contributed by atoms with van der Waals surface area (Å²) < 4.78 is 5.18. The van der Waals surface area contributed by atoms with E-state index in [-0.39, 0.29) is 34.6 Å². The van der Waals surface area contributed by atoms with Gasteiger partial charge in [-0.15, -0.1) is 5.16 Å². The van der Waals surface area contributed by atoms with E-state index >= 15 is 0 Å². The van der Waals surface area contributed by atoms with Gasteiger partial charge in [-0.3, -0.25) is 0 Å². The highest BCUT2D eigenvalue weighted by atomic mass is 16.5. The molecule has 4 aliphatic carbocycles. The van der Waals surface area contributed by atoms with Crippen molar-refractivity contribution in [3.63, 3.8) is 0 Å². The normalized spacial score (nSPS) is 49.1. The van der Waals surface area contributed by atoms with Gasteiger partial charge < -0.3 is 20.2 Å². The van der Waals surface area contributed by atoms with Crippen molar-refractivity contribution < 1.29 is 25.0 Å². The first-order chi connectivity index (χ1) is 13.8. The third-order valence-corrected chi connectivity index (χ3v) is 9.30. The second-order valence-electron chi connectivity index (χ2n) is 10.1. The number of fused-ring (bicyclic) bond motifs is 5. The van der Waals surface area contributed by atoms with Gasteiger partial charge in [0.1, 0.15) is 6.61 Å². The van der Waals surface area contributed by atoms with Crippen LogP contribution >= 0.6 is 0 Å². The molecule has 5 rings (SSSR count). The van der Waals surface area contributed by atoms with Crippen LogP contribution in [0.15, 0.2) is 28.5 Å². The zero-order chi connectivity index (χ0) is 20.4. The number of carbonyl (C=O) groups is 1. The summed E-state index contributed by atoms with van der Waals surface area (Å²) in [6.45, 7) is 2.56. The lowest BCUT2D eigenvalue weighted by atomic mass is 9.44. The molecule has 1 heterocycles. The van der Waals surface area contributed by atoms with Gasteiger partial charge in [0.05, 0.1) is 17.9 Å². The zero-order valence-corrected chi connectivity index (χ0v) is 17.0. The molecule has 1 aliphatic heterocycles. The predicted molar refractivity (Wildman–Crippen MR) is 106 cm³/mol. The second-order valence-corrected chi connectivity index (χ2v) is 10.1. The molecule has 0 amide bonds. The molecule has 5 aliphatic rings. The molecule has 7 atom stereocenters. The van der Waals surface area contributed by atoms with E-state index in [0.717, 1.165) is 50.5 Å². The number of carbonyl (C=O) groups excluding carboxylic acids is 1. The van der Waals surface area contributed by atoms with Crippen LogP contribution in [0.25, 0.3) is 0 Å². The first-order valence-corrected chi connectivity index (χ1v) is 11.0. The maximum Gasteiger partial charge on any atom is 0.331 e. The second kappa shape index (κ2) is 6.42. The van der Waals surface area contributed by atoms with E-state index in [0.29, 0.717) is 13.0 Å². The van der Waals surface area contributed by atoms with E-state index in [1.807, 2.05) is 6.08 Å². The molecule has 0 aromatic rings. The van der Waals surface area contributed by atoms with Crippen molar-refractivity contribution in [1.82, 2.24) is 0 Å². The van der Waals surface area contributed by atoms with E-state index in [1.54, 1.807) is 12.3 Å². The average molecular weight is 402 g/mol. The average Bonchev–Trinajstić information content (AvgIpc) is 3.23. The van der Waals surface area contributed by atoms with Gasteiger partial charge in [0, 0.05) is 16.9 Å². The molecule has 0 aromatic carbocycles. The van der Waals surface area contributed by atoms with E-state index in [2.05, 4.69) is 12.1 Å². The maximum atomic E-state index is 12.2. The Morgan fingerprint density at radius 1 is 1.17 bits per heavy atom. The Bertz CT molecular complexity index is 818. The first kappa shape index (κ1) is 19.3. The summed E-state index contributed by atoms with van der Waals surface area (Å²) in [5.74, 6) is 0.236. The highest BCUT2D eigenvalue weighted by Crippen LogP contribution is 2.69. The molecule has 0 unspecified atom stereocenters. The molecule has 158 valence electrons. The third kappa shape index (κ3) is 2.48. The number of hydrogen-bond acceptors (Lipinski definition) is 6. The van der Waals surface area contributed by atoms with Gasteiger partial charge >= 0.3 is 5.97 Å². The van der Waals surface area contributed by atoms with E-state index in [1.165, 1.54) is 5.57 Å². The number of hydrogen-bond donors (Lipinski definition) is 3. The summed E-state index contributed by atoms with van der Waals surface area (Å²) in [6, 6.07) is 0. The van der Waals surface area contributed by atoms with Gasteiger partial charge in [-0.25, -0.2) is 4.79 Å². The minimum absolute atomic E-state index is 0.121. The molecule has 3 saturated carbocycles. The standard InChI is InChI=1S/C23H31NO5/c1-21-7-5-18-19(3-2-15-11-16(25)4-8-22(15,18)13-24-28)23(21,27)9-6-17(21)14-10-20(26)29-12-14/h10-11,13,16-19,25,27-28H,2-9,12H2,1H3/b24-13+/t16-,17-,18+,19-,21-,22-,23-/m1/s1. The SMILES string of the molecule is C[C@]12CC[C@H]3[C@@H](CCC4=C[C@H](O)CC[C@@]43/C=N/O)[C@]1(O)CC[C@@H]2C1=CC(=O)OC1. The van der Waals surface area contributed by atoms with Gasteiger partial charge in [-0.05, 0) is 74.7 Å². The largest absolute Gasteiger partial charge is 0.458 e. The van der Waals surface area contributed by atoms with Crippen LogP contribution in [0.5, 0.6) is 0 Å². The van der Waals surface area contributed by atoms with Crippen LogP contribution in [0.3, 0.4) is 0 Å². The van der Waals surface area contributed by atoms with Crippen LogP contribution in [0, 0.1) is 28.6 Å². The van der Waals surface area contributed by atoms with Gasteiger partial charge in [0.25, 0.3) is 0 Å². The summed E-state index contributed by atoms with van der Waals surface area (Å²) >= 11 is 0. The Morgan fingerprint density at radius 3 is 2.72 bits per heavy atom. The molecule has 29 heavy (non-hydrogen) atoms. The number of aliphatic hydroxyl groups is 2. The molecule has 6 heteroatoms. The van der Waals surface area contributed by atoms with Crippen LogP contribution in [-0.2, 0) is 9.53 Å².